The van der Waals surface area contributed by atoms with Crippen molar-refractivity contribution in [2.24, 2.45) is 5.92 Å². The highest BCUT2D eigenvalue weighted by Crippen LogP contribution is 2.25. The molecule has 0 saturated carbocycles. The van der Waals surface area contributed by atoms with Gasteiger partial charge in [0.25, 0.3) is 5.56 Å². The summed E-state index contributed by atoms with van der Waals surface area (Å²) in [5, 5.41) is 6.80. The molecule has 10 heteroatoms. The predicted molar refractivity (Wildman–Crippen MR) is 121 cm³/mol. The van der Waals surface area contributed by atoms with E-state index in [1.54, 1.807) is 36.6 Å². The van der Waals surface area contributed by atoms with Crippen LogP contribution >= 0.6 is 23.4 Å². The first-order chi connectivity index (χ1) is 14.7. The second-order valence-electron chi connectivity index (χ2n) is 7.59. The highest BCUT2D eigenvalue weighted by atomic mass is 35.5. The maximum absolute atomic E-state index is 13.1. The molecule has 0 radical (unpaired) electrons. The van der Waals surface area contributed by atoms with E-state index in [9.17, 15) is 14.4 Å². The number of nitrogens with one attached hydrogen (secondary N) is 2. The smallest absolute Gasteiger partial charge is 0.337 e. The maximum Gasteiger partial charge on any atom is 0.337 e. The third-order valence-corrected chi connectivity index (χ3v) is 5.88. The van der Waals surface area contributed by atoms with Gasteiger partial charge in [-0.05, 0) is 38.0 Å². The zero-order valence-electron chi connectivity index (χ0n) is 17.8. The lowest BCUT2D eigenvalue weighted by Crippen LogP contribution is -2.49. The average molecular weight is 465 g/mol. The Bertz CT molecular complexity index is 1110. The second-order valence-corrected chi connectivity index (χ2v) is 8.97. The Hall–Kier alpha value is -2.52. The Kier molecular flexibility index (Phi) is 7.27. The number of carbonyl (C=O) groups excluding carboxylic acids is 2. The standard InChI is InChI=1S/C21H25ClN4O4S/c1-5-30-19(28)17-12(4)23-20(29)24-16(17)10-31-21-25-15-7-6-13(22)8-14(15)18(27)26(21)9-11(2)3/h6-8,11-12H,5,9-10H2,1-4H3,(H2,23,24,29). The van der Waals surface area contributed by atoms with Crippen molar-refractivity contribution < 1.29 is 14.3 Å². The quantitative estimate of drug-likeness (QED) is 0.370. The van der Waals surface area contributed by atoms with Crippen LogP contribution in [0.25, 0.3) is 10.9 Å². The molecule has 1 aromatic carbocycles. The molecule has 2 amide bonds. The van der Waals surface area contributed by atoms with Gasteiger partial charge in [0.1, 0.15) is 0 Å². The molecule has 1 aromatic heterocycles. The topological polar surface area (TPSA) is 102 Å². The number of benzene rings is 1. The van der Waals surface area contributed by atoms with Crippen molar-refractivity contribution in [3.8, 4) is 0 Å². The first-order valence-electron chi connectivity index (χ1n) is 10.0. The SMILES string of the molecule is CCOC(=O)C1=C(CSc2nc3ccc(Cl)cc3c(=O)n2CC(C)C)NC(=O)NC1C. The predicted octanol–water partition coefficient (Wildman–Crippen LogP) is 3.32. The van der Waals surface area contributed by atoms with Gasteiger partial charge in [-0.25, -0.2) is 14.6 Å². The molecule has 1 aliphatic rings. The Labute approximate surface area is 189 Å². The number of esters is 1. The minimum atomic E-state index is -0.493. The molecule has 0 aliphatic carbocycles. The molecule has 0 spiro atoms. The summed E-state index contributed by atoms with van der Waals surface area (Å²) in [7, 11) is 0. The fraction of sp³-hybridized carbons (Fsp3) is 0.429. The molecular formula is C21H25ClN4O4S. The maximum atomic E-state index is 13.1. The molecule has 2 N–H and O–H groups in total. The molecule has 1 unspecified atom stereocenters. The van der Waals surface area contributed by atoms with E-state index in [2.05, 4.69) is 15.6 Å². The lowest BCUT2D eigenvalue weighted by atomic mass is 10.1. The van der Waals surface area contributed by atoms with Crippen LogP contribution in [0.2, 0.25) is 5.02 Å². The van der Waals surface area contributed by atoms with Gasteiger partial charge in [0.15, 0.2) is 5.16 Å². The van der Waals surface area contributed by atoms with Crippen LogP contribution in [-0.4, -0.2) is 40.0 Å². The summed E-state index contributed by atoms with van der Waals surface area (Å²) in [5.74, 6) is -0.0302. The number of fused-ring (bicyclic) bond motifs is 1. The first kappa shape index (κ1) is 23.1. The van der Waals surface area contributed by atoms with Gasteiger partial charge in [0.2, 0.25) is 0 Å². The summed E-state index contributed by atoms with van der Waals surface area (Å²) in [5.41, 5.74) is 1.17. The van der Waals surface area contributed by atoms with Gasteiger partial charge in [0.05, 0.1) is 29.1 Å². The van der Waals surface area contributed by atoms with Gasteiger partial charge in [-0.15, -0.1) is 0 Å². The summed E-state index contributed by atoms with van der Waals surface area (Å²) in [6.45, 7) is 8.18. The molecule has 0 bridgehead atoms. The van der Waals surface area contributed by atoms with E-state index in [-0.39, 0.29) is 23.8 Å². The largest absolute Gasteiger partial charge is 0.463 e. The van der Waals surface area contributed by atoms with Crippen molar-refractivity contribution in [2.45, 2.75) is 45.4 Å². The number of rotatable bonds is 7. The molecule has 0 saturated heterocycles. The fourth-order valence-electron chi connectivity index (χ4n) is 3.34. The van der Waals surface area contributed by atoms with Crippen molar-refractivity contribution in [1.29, 1.82) is 0 Å². The Morgan fingerprint density at radius 1 is 1.35 bits per heavy atom. The lowest BCUT2D eigenvalue weighted by Gasteiger charge is -2.26. The number of amides is 2. The number of carbonyl (C=O) groups is 2. The number of aromatic nitrogens is 2. The third kappa shape index (κ3) is 5.22. The number of ether oxygens (including phenoxy) is 1. The minimum Gasteiger partial charge on any atom is -0.463 e. The van der Waals surface area contributed by atoms with Gasteiger partial charge < -0.3 is 15.4 Å². The van der Waals surface area contributed by atoms with Crippen LogP contribution in [0.3, 0.4) is 0 Å². The lowest BCUT2D eigenvalue weighted by molar-refractivity contribution is -0.138. The molecule has 0 fully saturated rings. The van der Waals surface area contributed by atoms with Gasteiger partial charge in [-0.1, -0.05) is 37.2 Å². The van der Waals surface area contributed by atoms with Crippen molar-refractivity contribution in [3.63, 3.8) is 0 Å². The summed E-state index contributed by atoms with van der Waals surface area (Å²) < 4.78 is 6.77. The minimum absolute atomic E-state index is 0.175. The molecule has 166 valence electrons. The monoisotopic (exact) mass is 464 g/mol. The van der Waals surface area contributed by atoms with Gasteiger partial charge in [-0.3, -0.25) is 9.36 Å². The number of hydrogen-bond donors (Lipinski definition) is 2. The third-order valence-electron chi connectivity index (χ3n) is 4.64. The van der Waals surface area contributed by atoms with Crippen LogP contribution in [0.4, 0.5) is 4.79 Å². The van der Waals surface area contributed by atoms with Crippen LogP contribution in [-0.2, 0) is 16.1 Å². The van der Waals surface area contributed by atoms with E-state index in [0.717, 1.165) is 0 Å². The number of urea groups is 1. The average Bonchev–Trinajstić information content (AvgIpc) is 2.68. The fourth-order valence-corrected chi connectivity index (χ4v) is 4.49. The summed E-state index contributed by atoms with van der Waals surface area (Å²) in [4.78, 5) is 42.2. The zero-order valence-corrected chi connectivity index (χ0v) is 19.4. The molecule has 2 aromatic rings. The van der Waals surface area contributed by atoms with E-state index in [1.165, 1.54) is 11.8 Å². The number of halogens is 1. The van der Waals surface area contributed by atoms with Crippen molar-refractivity contribution >= 4 is 46.3 Å². The van der Waals surface area contributed by atoms with Crippen molar-refractivity contribution in [2.75, 3.05) is 12.4 Å². The number of nitrogens with zero attached hydrogens (tertiary/aromatic N) is 2. The summed E-state index contributed by atoms with van der Waals surface area (Å²) >= 11 is 7.36. The Morgan fingerprint density at radius 2 is 2.10 bits per heavy atom. The van der Waals surface area contributed by atoms with Gasteiger partial charge >= 0.3 is 12.0 Å². The molecule has 3 rings (SSSR count). The highest BCUT2D eigenvalue weighted by molar-refractivity contribution is 7.99. The molecular weight excluding hydrogens is 440 g/mol. The van der Waals surface area contributed by atoms with Crippen molar-refractivity contribution in [3.05, 3.63) is 44.8 Å². The van der Waals surface area contributed by atoms with Crippen LogP contribution < -0.4 is 16.2 Å². The zero-order chi connectivity index (χ0) is 22.7. The van der Waals surface area contributed by atoms with E-state index < -0.39 is 18.0 Å². The first-order valence-corrected chi connectivity index (χ1v) is 11.4. The van der Waals surface area contributed by atoms with E-state index in [1.807, 2.05) is 13.8 Å². The van der Waals surface area contributed by atoms with Crippen LogP contribution in [0.15, 0.2) is 39.4 Å². The molecule has 1 atom stereocenters. The van der Waals surface area contributed by atoms with Crippen molar-refractivity contribution in [1.82, 2.24) is 20.2 Å². The second kappa shape index (κ2) is 9.74. The molecule has 31 heavy (non-hydrogen) atoms. The molecule has 1 aliphatic heterocycles. The van der Waals surface area contributed by atoms with Crippen LogP contribution in [0.5, 0.6) is 0 Å². The normalized spacial score (nSPS) is 16.5. The number of thioether (sulfide) groups is 1. The van der Waals surface area contributed by atoms with Crippen LogP contribution in [0.1, 0.15) is 27.7 Å². The van der Waals surface area contributed by atoms with E-state index >= 15 is 0 Å². The molecule has 2 heterocycles. The Balaban J connectivity index is 2.02. The molecule has 8 nitrogen and oxygen atoms in total. The Morgan fingerprint density at radius 3 is 2.77 bits per heavy atom. The van der Waals surface area contributed by atoms with E-state index in [0.29, 0.717) is 38.9 Å². The summed E-state index contributed by atoms with van der Waals surface area (Å²) in [6, 6.07) is 4.13. The van der Waals surface area contributed by atoms with Gasteiger partial charge in [-0.2, -0.15) is 0 Å². The number of hydrogen-bond acceptors (Lipinski definition) is 6. The summed E-state index contributed by atoms with van der Waals surface area (Å²) in [6.07, 6.45) is 0. The highest BCUT2D eigenvalue weighted by Gasteiger charge is 2.30. The van der Waals surface area contributed by atoms with Gasteiger partial charge in [0, 0.05) is 23.0 Å². The van der Waals surface area contributed by atoms with Crippen LogP contribution in [0, 0.1) is 5.92 Å². The van der Waals surface area contributed by atoms with E-state index in [4.69, 9.17) is 16.3 Å².